The lowest BCUT2D eigenvalue weighted by Gasteiger charge is -1.91. The summed E-state index contributed by atoms with van der Waals surface area (Å²) in [5.41, 5.74) is 8.25. The third kappa shape index (κ3) is 2.17. The first-order valence-electron chi connectivity index (χ1n) is 6.60. The molecule has 0 aliphatic rings. The van der Waals surface area contributed by atoms with Crippen LogP contribution in [0.25, 0.3) is 32.5 Å². The van der Waals surface area contributed by atoms with Crippen LogP contribution in [0.2, 0.25) is 0 Å². The summed E-state index contributed by atoms with van der Waals surface area (Å²) in [6.07, 6.45) is 0. The maximum atomic E-state index is 5.77. The van der Waals surface area contributed by atoms with Crippen LogP contribution in [0.4, 0.5) is 5.82 Å². The Balaban J connectivity index is 1.68. The molecule has 0 fully saturated rings. The highest BCUT2D eigenvalue weighted by atomic mass is 32.1. The lowest BCUT2D eigenvalue weighted by Crippen LogP contribution is -1.86. The van der Waals surface area contributed by atoms with Crippen molar-refractivity contribution in [3.8, 4) is 32.5 Å². The van der Waals surface area contributed by atoms with E-state index in [-0.39, 0.29) is 0 Å². The molecule has 0 aliphatic carbocycles. The van der Waals surface area contributed by atoms with E-state index in [2.05, 4.69) is 20.6 Å². The minimum absolute atomic E-state index is 0.385. The number of nitrogens with two attached hydrogens (primary N) is 1. The molecule has 0 bridgehead atoms. The molecule has 0 unspecified atom stereocenters. The average Bonchev–Trinajstić information content (AvgIpc) is 3.27. The minimum Gasteiger partial charge on any atom is -0.380 e. The number of hydrogen-bond acceptors (Lipinski definition) is 6. The second kappa shape index (κ2) is 5.12. The number of benzene rings is 1. The molecule has 3 aromatic heterocycles. The molecular formula is C15H11N5OS. The number of aromatic amines is 1. The summed E-state index contributed by atoms with van der Waals surface area (Å²) in [6.45, 7) is 0. The second-order valence-corrected chi connectivity index (χ2v) is 5.75. The molecule has 0 radical (unpaired) electrons. The van der Waals surface area contributed by atoms with Crippen LogP contribution in [-0.4, -0.2) is 20.6 Å². The van der Waals surface area contributed by atoms with Gasteiger partial charge >= 0.3 is 0 Å². The first kappa shape index (κ1) is 12.8. The normalized spacial score (nSPS) is 10.9. The summed E-state index contributed by atoms with van der Waals surface area (Å²) in [5, 5.41) is 14.5. The molecule has 4 rings (SSSR count). The molecule has 0 aliphatic heterocycles. The summed E-state index contributed by atoms with van der Waals surface area (Å²) in [6, 6.07) is 15.7. The lowest BCUT2D eigenvalue weighted by atomic mass is 10.1. The summed E-state index contributed by atoms with van der Waals surface area (Å²) in [4.78, 5) is 1.89. The predicted molar refractivity (Wildman–Crippen MR) is 85.0 cm³/mol. The van der Waals surface area contributed by atoms with Gasteiger partial charge in [-0.25, -0.2) is 0 Å². The number of thiophene rings is 1. The molecule has 7 heteroatoms. The van der Waals surface area contributed by atoms with Crippen molar-refractivity contribution in [1.29, 1.82) is 0 Å². The van der Waals surface area contributed by atoms with Gasteiger partial charge in [-0.3, -0.25) is 0 Å². The summed E-state index contributed by atoms with van der Waals surface area (Å²) >= 11 is 1.53. The standard InChI is InChI=1S/C15H11N5OS/c16-15-14(17-20-18-15)13-7-6-12(22-13)11-8-10(19-21-11)9-4-2-1-3-5-9/h1-8H,(H3,16,17,18,20). The van der Waals surface area contributed by atoms with E-state index in [1.54, 1.807) is 0 Å². The van der Waals surface area contributed by atoms with Gasteiger partial charge in [-0.2, -0.15) is 10.3 Å². The van der Waals surface area contributed by atoms with E-state index >= 15 is 0 Å². The minimum atomic E-state index is 0.385. The quantitative estimate of drug-likeness (QED) is 0.604. The monoisotopic (exact) mass is 309 g/mol. The number of nitrogen functional groups attached to an aromatic ring is 1. The molecule has 3 N–H and O–H groups in total. The van der Waals surface area contributed by atoms with E-state index in [0.717, 1.165) is 26.8 Å². The largest absolute Gasteiger partial charge is 0.380 e. The predicted octanol–water partition coefficient (Wildman–Crippen LogP) is 3.44. The van der Waals surface area contributed by atoms with Crippen LogP contribution in [0.1, 0.15) is 0 Å². The zero-order valence-electron chi connectivity index (χ0n) is 11.4. The summed E-state index contributed by atoms with van der Waals surface area (Å²) in [5.74, 6) is 1.10. The van der Waals surface area contributed by atoms with Gasteiger partial charge < -0.3 is 10.3 Å². The number of H-pyrrole nitrogens is 1. The van der Waals surface area contributed by atoms with Gasteiger partial charge in [-0.05, 0) is 12.1 Å². The van der Waals surface area contributed by atoms with E-state index in [4.69, 9.17) is 10.3 Å². The van der Waals surface area contributed by atoms with Gasteiger partial charge in [-0.1, -0.05) is 35.5 Å². The van der Waals surface area contributed by atoms with Crippen molar-refractivity contribution >= 4 is 17.2 Å². The van der Waals surface area contributed by atoms with E-state index in [9.17, 15) is 0 Å². The van der Waals surface area contributed by atoms with Crippen LogP contribution in [0, 0.1) is 0 Å². The van der Waals surface area contributed by atoms with Gasteiger partial charge in [0, 0.05) is 11.6 Å². The van der Waals surface area contributed by atoms with Crippen LogP contribution in [-0.2, 0) is 0 Å². The zero-order valence-corrected chi connectivity index (χ0v) is 12.2. The fourth-order valence-electron chi connectivity index (χ4n) is 2.15. The summed E-state index contributed by atoms with van der Waals surface area (Å²) in [7, 11) is 0. The number of aromatic nitrogens is 4. The Morgan fingerprint density at radius 3 is 2.59 bits per heavy atom. The van der Waals surface area contributed by atoms with E-state index in [0.29, 0.717) is 11.5 Å². The third-order valence-corrected chi connectivity index (χ3v) is 4.34. The Labute approximate surface area is 129 Å². The zero-order chi connectivity index (χ0) is 14.9. The Morgan fingerprint density at radius 2 is 1.82 bits per heavy atom. The third-order valence-electron chi connectivity index (χ3n) is 3.24. The Hall–Kier alpha value is -2.93. The highest BCUT2D eigenvalue weighted by Gasteiger charge is 2.14. The fourth-order valence-corrected chi connectivity index (χ4v) is 3.11. The van der Waals surface area contributed by atoms with Crippen molar-refractivity contribution in [2.24, 2.45) is 0 Å². The molecule has 3 heterocycles. The van der Waals surface area contributed by atoms with Gasteiger partial charge in [0.25, 0.3) is 0 Å². The topological polar surface area (TPSA) is 93.6 Å². The molecule has 6 nitrogen and oxygen atoms in total. The molecule has 0 saturated heterocycles. The van der Waals surface area contributed by atoms with Gasteiger partial charge in [0.2, 0.25) is 0 Å². The molecule has 1 aromatic carbocycles. The fraction of sp³-hybridized carbons (Fsp3) is 0. The highest BCUT2D eigenvalue weighted by Crippen LogP contribution is 2.36. The van der Waals surface area contributed by atoms with Crippen LogP contribution in [0.15, 0.2) is 53.1 Å². The maximum Gasteiger partial charge on any atom is 0.177 e. The molecule has 0 saturated carbocycles. The van der Waals surface area contributed by atoms with E-state index in [1.165, 1.54) is 11.3 Å². The van der Waals surface area contributed by atoms with Crippen molar-refractivity contribution < 1.29 is 4.52 Å². The second-order valence-electron chi connectivity index (χ2n) is 4.66. The molecule has 108 valence electrons. The molecular weight excluding hydrogens is 298 g/mol. The van der Waals surface area contributed by atoms with Gasteiger partial charge in [0.05, 0.1) is 9.75 Å². The molecule has 0 atom stereocenters. The smallest absolute Gasteiger partial charge is 0.177 e. The van der Waals surface area contributed by atoms with E-state index in [1.807, 2.05) is 48.5 Å². The van der Waals surface area contributed by atoms with Gasteiger partial charge in [0.15, 0.2) is 11.6 Å². The van der Waals surface area contributed by atoms with E-state index < -0.39 is 0 Å². The number of nitrogens with zero attached hydrogens (tertiary/aromatic N) is 3. The molecule has 4 aromatic rings. The number of hydrogen-bond donors (Lipinski definition) is 2. The summed E-state index contributed by atoms with van der Waals surface area (Å²) < 4.78 is 5.45. The molecule has 0 spiro atoms. The SMILES string of the molecule is Nc1n[nH]nc1-c1ccc(-c2cc(-c3ccccc3)no2)s1. The maximum absolute atomic E-state index is 5.77. The molecule has 0 amide bonds. The van der Waals surface area contributed by atoms with Crippen molar-refractivity contribution in [2.75, 3.05) is 5.73 Å². The van der Waals surface area contributed by atoms with Gasteiger partial charge in [0.1, 0.15) is 11.4 Å². The number of nitrogens with one attached hydrogen (secondary N) is 1. The van der Waals surface area contributed by atoms with Gasteiger partial charge in [-0.15, -0.1) is 16.4 Å². The van der Waals surface area contributed by atoms with Crippen molar-refractivity contribution in [2.45, 2.75) is 0 Å². The Kier molecular flexibility index (Phi) is 2.97. The Bertz CT molecular complexity index is 909. The first-order chi connectivity index (χ1) is 10.8. The number of rotatable bonds is 3. The molecule has 22 heavy (non-hydrogen) atoms. The first-order valence-corrected chi connectivity index (χ1v) is 7.42. The van der Waals surface area contributed by atoms with Crippen LogP contribution in [0.5, 0.6) is 0 Å². The average molecular weight is 309 g/mol. The van der Waals surface area contributed by atoms with Crippen molar-refractivity contribution in [3.63, 3.8) is 0 Å². The Morgan fingerprint density at radius 1 is 1.00 bits per heavy atom. The lowest BCUT2D eigenvalue weighted by molar-refractivity contribution is 0.436. The highest BCUT2D eigenvalue weighted by molar-refractivity contribution is 7.18. The number of anilines is 1. The van der Waals surface area contributed by atoms with Crippen molar-refractivity contribution in [1.82, 2.24) is 20.6 Å². The van der Waals surface area contributed by atoms with Crippen LogP contribution < -0.4 is 5.73 Å². The van der Waals surface area contributed by atoms with Crippen LogP contribution >= 0.6 is 11.3 Å². The van der Waals surface area contributed by atoms with Crippen molar-refractivity contribution in [3.05, 3.63) is 48.5 Å². The van der Waals surface area contributed by atoms with Crippen LogP contribution in [0.3, 0.4) is 0 Å².